The highest BCUT2D eigenvalue weighted by Crippen LogP contribution is 2.46. The van der Waals surface area contributed by atoms with E-state index >= 15 is 4.79 Å². The van der Waals surface area contributed by atoms with Gasteiger partial charge in [0.25, 0.3) is 0 Å². The summed E-state index contributed by atoms with van der Waals surface area (Å²) < 4.78 is 48.5. The molecule has 22 nitrogen and oxygen atoms in total. The molecule has 2 aliphatic heterocycles. The molecule has 0 bridgehead atoms. The predicted molar refractivity (Wildman–Crippen MR) is 345 cm³/mol. The van der Waals surface area contributed by atoms with Gasteiger partial charge in [-0.25, -0.2) is 14.5 Å². The number of ether oxygens (including phenoxy) is 8. The van der Waals surface area contributed by atoms with Crippen molar-refractivity contribution in [2.75, 3.05) is 61.9 Å². The third-order valence-electron chi connectivity index (χ3n) is 17.5. The summed E-state index contributed by atoms with van der Waals surface area (Å²) in [6.07, 6.45) is 7.86. The summed E-state index contributed by atoms with van der Waals surface area (Å²) >= 11 is 1.56. The van der Waals surface area contributed by atoms with Gasteiger partial charge >= 0.3 is 5.97 Å². The summed E-state index contributed by atoms with van der Waals surface area (Å²) in [6, 6.07) is 21.9. The number of thiazole rings is 1. The number of β-amino-alcohol motifs (C(OH)–C–C–N with tert-alkyl or cyclic N) is 1. The second-order valence-corrected chi connectivity index (χ2v) is 25.7. The Morgan fingerprint density at radius 2 is 1.48 bits per heavy atom. The zero-order valence-corrected chi connectivity index (χ0v) is 55.1. The molecule has 92 heavy (non-hydrogen) atoms. The van der Waals surface area contributed by atoms with Crippen LogP contribution >= 0.6 is 11.3 Å². The Balaban J connectivity index is 0.809. The minimum atomic E-state index is -1.03. The number of aliphatic hydroxyl groups excluding tert-OH is 1. The number of aliphatic hydroxyl groups is 1. The highest BCUT2D eigenvalue weighted by molar-refractivity contribution is 7.13. The number of esters is 1. The Kier molecular flexibility index (Phi) is 23.6. The average molecular weight is 1290 g/mol. The summed E-state index contributed by atoms with van der Waals surface area (Å²) in [4.78, 5) is 79.9. The van der Waals surface area contributed by atoms with Crippen molar-refractivity contribution in [2.24, 2.45) is 11.3 Å². The van der Waals surface area contributed by atoms with Gasteiger partial charge in [-0.15, -0.1) is 16.4 Å². The zero-order chi connectivity index (χ0) is 65.5. The Hall–Kier alpha value is -8.28. The predicted octanol–water partition coefficient (Wildman–Crippen LogP) is 9.12. The lowest BCUT2D eigenvalue weighted by atomic mass is 9.75. The Morgan fingerprint density at radius 3 is 2.16 bits per heavy atom. The van der Waals surface area contributed by atoms with Crippen molar-refractivity contribution in [3.05, 3.63) is 124 Å². The van der Waals surface area contributed by atoms with Gasteiger partial charge in [0.05, 0.1) is 83.0 Å². The monoisotopic (exact) mass is 1280 g/mol. The van der Waals surface area contributed by atoms with Crippen LogP contribution in [-0.2, 0) is 59.6 Å². The van der Waals surface area contributed by atoms with Crippen LogP contribution in [0.25, 0.3) is 10.4 Å². The first-order valence-corrected chi connectivity index (χ1v) is 32.5. The molecule has 4 amide bonds. The molecule has 9 rings (SSSR count). The van der Waals surface area contributed by atoms with Crippen molar-refractivity contribution in [2.45, 2.75) is 154 Å². The molecule has 0 spiro atoms. The lowest BCUT2D eigenvalue weighted by molar-refractivity contribution is -0.163. The van der Waals surface area contributed by atoms with Crippen molar-refractivity contribution < 1.29 is 67.0 Å². The molecule has 4 aromatic carbocycles. The number of amides is 4. The molecule has 4 heterocycles. The summed E-state index contributed by atoms with van der Waals surface area (Å²) in [7, 11) is 7.85. The molecule has 3 unspecified atom stereocenters. The van der Waals surface area contributed by atoms with Crippen molar-refractivity contribution in [3.8, 4) is 44.9 Å². The van der Waals surface area contributed by atoms with Crippen LogP contribution in [0.1, 0.15) is 131 Å². The molecule has 0 radical (unpaired) electrons. The lowest BCUT2D eigenvalue weighted by Crippen LogP contribution is -2.58. The summed E-state index contributed by atoms with van der Waals surface area (Å²) in [5, 5.41) is 25.0. The van der Waals surface area contributed by atoms with Gasteiger partial charge in [0.2, 0.25) is 29.4 Å². The van der Waals surface area contributed by atoms with E-state index in [1.165, 1.54) is 4.90 Å². The molecule has 3 fully saturated rings. The smallest absolute Gasteiger partial charge is 0.329 e. The highest BCUT2D eigenvalue weighted by atomic mass is 32.1. The van der Waals surface area contributed by atoms with Crippen molar-refractivity contribution in [1.29, 1.82) is 0 Å². The number of nitrogens with one attached hydrogen (secondary N) is 2. The average Bonchev–Trinajstić information content (AvgIpc) is 1.53. The van der Waals surface area contributed by atoms with Crippen LogP contribution < -0.4 is 39.1 Å². The molecule has 1 saturated carbocycles. The first-order valence-electron chi connectivity index (χ1n) is 31.7. The number of carbonyl (C=O) groups is 5. The number of piperidine rings is 1. The molecule has 3 N–H and O–H groups in total. The van der Waals surface area contributed by atoms with Gasteiger partial charge in [0.15, 0.2) is 23.0 Å². The van der Waals surface area contributed by atoms with Gasteiger partial charge < -0.3 is 63.4 Å². The molecular formula is C69H88N8O14S. The third-order valence-corrected chi connectivity index (χ3v) is 18.5. The first kappa shape index (κ1) is 68.1. The van der Waals surface area contributed by atoms with Gasteiger partial charge in [-0.05, 0) is 127 Å². The normalized spacial score (nSPS) is 17.9. The number of likely N-dealkylation sites (tertiary alicyclic amines) is 2. The minimum Gasteiger partial charge on any atom is -0.493 e. The number of hydrogen-bond donors (Lipinski definition) is 3. The molecule has 6 aromatic rings. The molecule has 2 saturated heterocycles. The fourth-order valence-corrected chi connectivity index (χ4v) is 13.4. The Labute approximate surface area is 542 Å². The highest BCUT2D eigenvalue weighted by Gasteiger charge is 2.45. The van der Waals surface area contributed by atoms with Crippen LogP contribution in [0.15, 0.2) is 90.6 Å². The molecule has 3 aliphatic rings. The maximum atomic E-state index is 15.3. The lowest BCUT2D eigenvalue weighted by Gasteiger charge is -2.40. The Bertz CT molecular complexity index is 3450. The van der Waals surface area contributed by atoms with E-state index < -0.39 is 65.4 Å². The topological polar surface area (TPSA) is 254 Å². The molecule has 494 valence electrons. The molecule has 23 heteroatoms. The molecule has 2 aromatic heterocycles. The van der Waals surface area contributed by atoms with Crippen LogP contribution in [0.5, 0.6) is 34.5 Å². The van der Waals surface area contributed by atoms with E-state index in [0.29, 0.717) is 71.6 Å². The molecule has 6 atom stereocenters. The van der Waals surface area contributed by atoms with Crippen LogP contribution in [0, 0.1) is 18.3 Å². The second-order valence-electron chi connectivity index (χ2n) is 24.9. The number of nitrogens with zero attached hydrogens (tertiary/aromatic N) is 6. The number of aryl methyl sites for hydroxylation is 2. The first-order chi connectivity index (χ1) is 44.4. The van der Waals surface area contributed by atoms with Gasteiger partial charge in [0.1, 0.15) is 48.9 Å². The summed E-state index contributed by atoms with van der Waals surface area (Å²) in [5.74, 6) is 0.539. The largest absolute Gasteiger partial charge is 0.493 e. The van der Waals surface area contributed by atoms with E-state index in [1.54, 1.807) is 68.2 Å². The van der Waals surface area contributed by atoms with Crippen LogP contribution in [0.4, 0.5) is 0 Å². The van der Waals surface area contributed by atoms with Crippen LogP contribution in [-0.4, -0.2) is 151 Å². The SMILES string of the molecule is COc1ccc(CCC(OC(=O)[C@H]2CCCCN2C(=O)C(c2cc(OC)c(OC)c(OC)c2)C2CCCCC2)c2cccc(OCc3cn(CCOCC(=O)NC(C(=O)N4C[C@H](O)C[C@H]4C(=O)NCc4ccc(-c5scnc5C)cc4)C(C)(C)C)nn3)c2)cc1OC. The zero-order valence-electron chi connectivity index (χ0n) is 54.3. The number of benzene rings is 4. The molecular weight excluding hydrogens is 1200 g/mol. The van der Waals surface area contributed by atoms with Gasteiger partial charge in [-0.2, -0.15) is 0 Å². The quantitative estimate of drug-likeness (QED) is 0.0306. The van der Waals surface area contributed by atoms with E-state index in [-0.39, 0.29) is 57.7 Å². The third kappa shape index (κ3) is 17.0. The van der Waals surface area contributed by atoms with Crippen molar-refractivity contribution in [1.82, 2.24) is 40.4 Å². The fraction of sp³-hybridized carbons (Fsp3) is 0.507. The van der Waals surface area contributed by atoms with E-state index in [0.717, 1.165) is 77.8 Å². The maximum absolute atomic E-state index is 15.3. The van der Waals surface area contributed by atoms with Crippen LogP contribution in [0.3, 0.4) is 0 Å². The van der Waals surface area contributed by atoms with E-state index in [2.05, 4.69) is 25.9 Å². The minimum absolute atomic E-state index is 0.0469. The number of aromatic nitrogens is 4. The van der Waals surface area contributed by atoms with Gasteiger partial charge in [0, 0.05) is 26.1 Å². The molecule has 1 aliphatic carbocycles. The van der Waals surface area contributed by atoms with Gasteiger partial charge in [-0.1, -0.05) is 87.7 Å². The van der Waals surface area contributed by atoms with Crippen molar-refractivity contribution in [3.63, 3.8) is 0 Å². The Morgan fingerprint density at radius 1 is 0.761 bits per heavy atom. The number of methoxy groups -OCH3 is 5. The maximum Gasteiger partial charge on any atom is 0.329 e. The summed E-state index contributed by atoms with van der Waals surface area (Å²) in [5.41, 5.74) is 6.83. The second kappa shape index (κ2) is 31.8. The van der Waals surface area contributed by atoms with E-state index in [4.69, 9.17) is 37.9 Å². The number of carbonyl (C=O) groups excluding carboxylic acids is 5. The number of rotatable bonds is 28. The number of hydrogen-bond acceptors (Lipinski definition) is 18. The summed E-state index contributed by atoms with van der Waals surface area (Å²) in [6.45, 7) is 8.05. The van der Waals surface area contributed by atoms with Crippen molar-refractivity contribution >= 4 is 40.9 Å². The van der Waals surface area contributed by atoms with E-state index in [9.17, 15) is 24.3 Å². The standard InChI is InChI=1S/C69H88N8O14S/c1-43-63(92-42-71-43)47-25-21-45(22-26-47)37-70-65(80)54-36-51(78)39-77(54)67(82)64(69(2,3)4)72-60(79)41-89-31-30-75-38-50(73-74-75)40-90-52-19-15-18-48(33-52)55(27-23-44-24-28-56(84-5)57(32-44)85-6)91-68(83)53-20-13-14-29-76(53)66(81)61(46-16-11-10-12-17-46)49-34-58(86-7)62(88-9)59(35-49)87-8/h15,18-19,21-22,24-26,28,32-35,38,42,46,51,53-55,61,64,78H,10-14,16-17,20,23,27,29-31,36-37,39-41H2,1-9H3,(H,70,80)(H,72,79)/t51-,53-,54+,55?,61?,64?/m1/s1. The van der Waals surface area contributed by atoms with E-state index in [1.807, 2.05) is 107 Å². The van der Waals surface area contributed by atoms with Crippen LogP contribution in [0.2, 0.25) is 0 Å². The van der Waals surface area contributed by atoms with Gasteiger partial charge in [-0.3, -0.25) is 19.2 Å². The fourth-order valence-electron chi connectivity index (χ4n) is 12.6.